The lowest BCUT2D eigenvalue weighted by molar-refractivity contribution is 0.318. The summed E-state index contributed by atoms with van der Waals surface area (Å²) in [5.41, 5.74) is 6.71. The molecule has 3 N–H and O–H groups in total. The molecule has 0 fully saturated rings. The van der Waals surface area contributed by atoms with Crippen molar-refractivity contribution in [2.75, 3.05) is 0 Å². The van der Waals surface area contributed by atoms with Gasteiger partial charge in [0, 0.05) is 11.1 Å². The highest BCUT2D eigenvalue weighted by Crippen LogP contribution is 2.28. The topological polar surface area (TPSA) is 97.3 Å². The van der Waals surface area contributed by atoms with Gasteiger partial charge in [0.05, 0.1) is 12.4 Å². The zero-order valence-corrected chi connectivity index (χ0v) is 10.5. The first-order chi connectivity index (χ1) is 8.19. The van der Waals surface area contributed by atoms with Crippen LogP contribution in [0.1, 0.15) is 11.4 Å². The summed E-state index contributed by atoms with van der Waals surface area (Å²) in [5, 5.41) is 14.0. The summed E-state index contributed by atoms with van der Waals surface area (Å²) in [6.45, 7) is 1.94. The second-order valence-electron chi connectivity index (χ2n) is 3.08. The molecule has 0 atom stereocenters. The van der Waals surface area contributed by atoms with E-state index in [2.05, 4.69) is 20.1 Å². The third-order valence-corrected chi connectivity index (χ3v) is 3.76. The van der Waals surface area contributed by atoms with Gasteiger partial charge in [-0.2, -0.15) is 0 Å². The van der Waals surface area contributed by atoms with E-state index in [4.69, 9.17) is 10.9 Å². The van der Waals surface area contributed by atoms with Crippen LogP contribution in [0.2, 0.25) is 0 Å². The van der Waals surface area contributed by atoms with Gasteiger partial charge in [-0.1, -0.05) is 5.16 Å². The number of thiazole rings is 1. The third-order valence-electron chi connectivity index (χ3n) is 1.79. The molecule has 0 spiro atoms. The van der Waals surface area contributed by atoms with E-state index in [1.165, 1.54) is 18.0 Å². The minimum Gasteiger partial charge on any atom is -0.409 e. The molecule has 6 nitrogen and oxygen atoms in total. The zero-order chi connectivity index (χ0) is 12.3. The van der Waals surface area contributed by atoms with Crippen LogP contribution < -0.4 is 5.73 Å². The summed E-state index contributed by atoms with van der Waals surface area (Å²) in [6, 6.07) is 0. The summed E-state index contributed by atoms with van der Waals surface area (Å²) >= 11 is 2.98. The van der Waals surface area contributed by atoms with E-state index < -0.39 is 0 Å². The summed E-state index contributed by atoms with van der Waals surface area (Å²) in [6.07, 6.45) is 3.02. The number of nitrogens with two attached hydrogens (primary N) is 1. The molecule has 0 bridgehead atoms. The number of hydrogen-bond donors (Lipinski definition) is 2. The van der Waals surface area contributed by atoms with Gasteiger partial charge in [0.2, 0.25) is 0 Å². The van der Waals surface area contributed by atoms with Crippen LogP contribution in [0.4, 0.5) is 0 Å². The fourth-order valence-electron chi connectivity index (χ4n) is 1.02. The molecule has 0 radical (unpaired) electrons. The quantitative estimate of drug-likeness (QED) is 0.378. The van der Waals surface area contributed by atoms with E-state index in [9.17, 15) is 0 Å². The van der Waals surface area contributed by atoms with Gasteiger partial charge in [0.25, 0.3) is 0 Å². The van der Waals surface area contributed by atoms with E-state index in [0.717, 1.165) is 10.0 Å². The number of oxime groups is 1. The molecule has 2 aromatic heterocycles. The Morgan fingerprint density at radius 1 is 1.47 bits per heavy atom. The maximum Gasteiger partial charge on any atom is 0.190 e. The fraction of sp³-hybridized carbons (Fsp3) is 0.111. The molecule has 0 amide bonds. The molecule has 0 aliphatic carbocycles. The number of aryl methyl sites for hydroxylation is 1. The van der Waals surface area contributed by atoms with Crippen molar-refractivity contribution in [1.29, 1.82) is 0 Å². The van der Waals surface area contributed by atoms with Crippen molar-refractivity contribution in [2.45, 2.75) is 16.3 Å². The Labute approximate surface area is 106 Å². The Hall–Kier alpha value is -1.67. The van der Waals surface area contributed by atoms with Crippen molar-refractivity contribution in [3.8, 4) is 0 Å². The molecule has 2 rings (SSSR count). The first-order valence-electron chi connectivity index (χ1n) is 4.59. The standard InChI is InChI=1S/C9H9N5OS2/c1-5-4-16-9(13-5)17-7-3-11-6(2-12-7)8(10)14-15/h2-4,15H,1H3,(H2,10,14). The molecule has 2 aromatic rings. The average molecular weight is 267 g/mol. The fourth-order valence-corrected chi connectivity index (χ4v) is 2.71. The smallest absolute Gasteiger partial charge is 0.190 e. The first-order valence-corrected chi connectivity index (χ1v) is 6.28. The summed E-state index contributed by atoms with van der Waals surface area (Å²) in [4.78, 5) is 12.5. The number of nitrogens with zero attached hydrogens (tertiary/aromatic N) is 4. The number of hydrogen-bond acceptors (Lipinski definition) is 7. The van der Waals surface area contributed by atoms with Gasteiger partial charge in [-0.15, -0.1) is 11.3 Å². The van der Waals surface area contributed by atoms with Gasteiger partial charge in [-0.3, -0.25) is 0 Å². The number of aromatic nitrogens is 3. The molecule has 0 unspecified atom stereocenters. The second-order valence-corrected chi connectivity index (χ2v) is 5.21. The van der Waals surface area contributed by atoms with E-state index in [-0.39, 0.29) is 5.84 Å². The van der Waals surface area contributed by atoms with Gasteiger partial charge in [0.15, 0.2) is 10.2 Å². The highest BCUT2D eigenvalue weighted by molar-refractivity contribution is 8.00. The minimum absolute atomic E-state index is 0.0563. The van der Waals surface area contributed by atoms with Crippen molar-refractivity contribution in [3.05, 3.63) is 29.2 Å². The lowest BCUT2D eigenvalue weighted by Gasteiger charge is -1.98. The Bertz CT molecular complexity index is 537. The van der Waals surface area contributed by atoms with Gasteiger partial charge in [-0.25, -0.2) is 15.0 Å². The van der Waals surface area contributed by atoms with Crippen molar-refractivity contribution in [2.24, 2.45) is 10.9 Å². The van der Waals surface area contributed by atoms with Gasteiger partial charge in [0.1, 0.15) is 10.7 Å². The van der Waals surface area contributed by atoms with Crippen LogP contribution in [0, 0.1) is 6.92 Å². The van der Waals surface area contributed by atoms with Crippen molar-refractivity contribution >= 4 is 28.9 Å². The van der Waals surface area contributed by atoms with Crippen molar-refractivity contribution < 1.29 is 5.21 Å². The Balaban J connectivity index is 2.13. The second kappa shape index (κ2) is 5.11. The zero-order valence-electron chi connectivity index (χ0n) is 8.86. The molecule has 0 aliphatic heterocycles. The number of amidine groups is 1. The third kappa shape index (κ3) is 2.92. The molecule has 17 heavy (non-hydrogen) atoms. The lowest BCUT2D eigenvalue weighted by atomic mass is 10.4. The Morgan fingerprint density at radius 2 is 2.29 bits per heavy atom. The van der Waals surface area contributed by atoms with Crippen molar-refractivity contribution in [3.63, 3.8) is 0 Å². The molecular weight excluding hydrogens is 258 g/mol. The van der Waals surface area contributed by atoms with Gasteiger partial charge in [-0.05, 0) is 18.7 Å². The molecule has 2 heterocycles. The lowest BCUT2D eigenvalue weighted by Crippen LogP contribution is -2.15. The van der Waals surface area contributed by atoms with Crippen LogP contribution in [0.5, 0.6) is 0 Å². The maximum absolute atomic E-state index is 8.48. The van der Waals surface area contributed by atoms with Gasteiger partial charge >= 0.3 is 0 Å². The van der Waals surface area contributed by atoms with Crippen LogP contribution in [-0.2, 0) is 0 Å². The Kier molecular flexibility index (Phi) is 3.55. The normalized spacial score (nSPS) is 11.7. The van der Waals surface area contributed by atoms with E-state index in [1.54, 1.807) is 17.5 Å². The molecule has 0 aliphatic rings. The Morgan fingerprint density at radius 3 is 2.82 bits per heavy atom. The molecule has 0 saturated heterocycles. The summed E-state index contributed by atoms with van der Waals surface area (Å²) in [5.74, 6) is -0.0563. The monoisotopic (exact) mass is 267 g/mol. The van der Waals surface area contributed by atoms with E-state index in [0.29, 0.717) is 10.7 Å². The van der Waals surface area contributed by atoms with Crippen LogP contribution in [0.3, 0.4) is 0 Å². The van der Waals surface area contributed by atoms with Crippen molar-refractivity contribution in [1.82, 2.24) is 15.0 Å². The summed E-state index contributed by atoms with van der Waals surface area (Å²) < 4.78 is 0.911. The molecular formula is C9H9N5OS2. The predicted molar refractivity (Wildman–Crippen MR) is 65.5 cm³/mol. The molecule has 0 aromatic carbocycles. The highest BCUT2D eigenvalue weighted by atomic mass is 32.2. The average Bonchev–Trinajstić information content (AvgIpc) is 2.75. The maximum atomic E-state index is 8.48. The van der Waals surface area contributed by atoms with Crippen LogP contribution in [-0.4, -0.2) is 26.0 Å². The minimum atomic E-state index is -0.0563. The van der Waals surface area contributed by atoms with Crippen LogP contribution >= 0.6 is 23.1 Å². The highest BCUT2D eigenvalue weighted by Gasteiger charge is 2.05. The largest absolute Gasteiger partial charge is 0.409 e. The van der Waals surface area contributed by atoms with E-state index >= 15 is 0 Å². The van der Waals surface area contributed by atoms with Crippen LogP contribution in [0.25, 0.3) is 0 Å². The molecule has 8 heteroatoms. The number of rotatable bonds is 3. The van der Waals surface area contributed by atoms with Gasteiger partial charge < -0.3 is 10.9 Å². The predicted octanol–water partition coefficient (Wildman–Crippen LogP) is 1.49. The summed E-state index contributed by atoms with van der Waals surface area (Å²) in [7, 11) is 0. The van der Waals surface area contributed by atoms with Crippen LogP contribution in [0.15, 0.2) is 32.3 Å². The first kappa shape index (κ1) is 11.8. The molecule has 0 saturated carbocycles. The van der Waals surface area contributed by atoms with E-state index in [1.807, 2.05) is 12.3 Å². The molecule has 88 valence electrons. The SMILES string of the molecule is Cc1csc(Sc2cnc(C(N)=NO)cn2)n1.